The highest BCUT2D eigenvalue weighted by atomic mass is 16.8. The number of aliphatic hydroxyl groups is 7. The van der Waals surface area contributed by atoms with Gasteiger partial charge in [0.15, 0.2) is 23.5 Å². The number of hydrogen-bond acceptors (Lipinski definition) is 15. The Kier molecular flexibility index (Phi) is 7.83. The van der Waals surface area contributed by atoms with Crippen molar-refractivity contribution in [3.8, 4) is 17.2 Å². The molecule has 0 aliphatic carbocycles. The number of rotatable bonds is 7. The summed E-state index contributed by atoms with van der Waals surface area (Å²) in [6.07, 6.45) is -14.0. The van der Waals surface area contributed by atoms with Crippen molar-refractivity contribution in [3.05, 3.63) is 17.7 Å². The maximum absolute atomic E-state index is 12.4. The summed E-state index contributed by atoms with van der Waals surface area (Å²) in [4.78, 5) is 12.4. The highest BCUT2D eigenvalue weighted by molar-refractivity contribution is 5.91. The lowest BCUT2D eigenvalue weighted by Crippen LogP contribution is -2.62. The number of carbonyl (C=O) groups excluding carboxylic acids is 1. The first kappa shape index (κ1) is 26.3. The Morgan fingerprint density at radius 1 is 0.882 bits per heavy atom. The first-order valence-electron chi connectivity index (χ1n) is 10.0. The highest BCUT2D eigenvalue weighted by Crippen LogP contribution is 2.38. The normalized spacial score (nSPS) is 38.1. The van der Waals surface area contributed by atoms with Gasteiger partial charge in [-0.15, -0.1) is 0 Å². The lowest BCUT2D eigenvalue weighted by molar-refractivity contribution is -0.383. The van der Waals surface area contributed by atoms with Crippen LogP contribution in [-0.2, 0) is 18.9 Å². The van der Waals surface area contributed by atoms with Gasteiger partial charge in [-0.05, 0) is 12.1 Å². The van der Waals surface area contributed by atoms with Gasteiger partial charge in [0.1, 0.15) is 49.3 Å². The molecule has 0 bridgehead atoms. The van der Waals surface area contributed by atoms with Crippen molar-refractivity contribution >= 4 is 5.97 Å². The van der Waals surface area contributed by atoms with Crippen molar-refractivity contribution in [3.63, 3.8) is 0 Å². The van der Waals surface area contributed by atoms with Crippen LogP contribution in [0.15, 0.2) is 12.1 Å². The van der Waals surface area contributed by atoms with Gasteiger partial charge in [0.2, 0.25) is 5.79 Å². The zero-order valence-electron chi connectivity index (χ0n) is 17.4. The molecule has 9 unspecified atom stereocenters. The van der Waals surface area contributed by atoms with E-state index in [0.717, 1.165) is 12.1 Å². The molecule has 2 aliphatic rings. The van der Waals surface area contributed by atoms with E-state index in [4.69, 9.17) is 18.9 Å². The minimum atomic E-state index is -2.49. The first-order chi connectivity index (χ1) is 16.0. The van der Waals surface area contributed by atoms with Gasteiger partial charge in [-0.1, -0.05) is 0 Å². The van der Waals surface area contributed by atoms with Crippen LogP contribution in [0.2, 0.25) is 0 Å². The number of phenols is 3. The number of aromatic hydroxyl groups is 3. The van der Waals surface area contributed by atoms with Crippen LogP contribution >= 0.6 is 0 Å². The largest absolute Gasteiger partial charge is 0.504 e. The summed E-state index contributed by atoms with van der Waals surface area (Å²) in [5.74, 6) is -6.28. The van der Waals surface area contributed by atoms with Crippen molar-refractivity contribution in [2.45, 2.75) is 54.8 Å². The number of carbonyl (C=O) groups is 1. The molecular weight excluding hydrogens is 468 g/mol. The summed E-state index contributed by atoms with van der Waals surface area (Å²) < 4.78 is 21.0. The summed E-state index contributed by atoms with van der Waals surface area (Å²) in [5, 5.41) is 98.1. The summed E-state index contributed by atoms with van der Waals surface area (Å²) in [7, 11) is 0. The van der Waals surface area contributed by atoms with E-state index in [1.165, 1.54) is 0 Å². The molecule has 3 rings (SSSR count). The standard InChI is InChI=1S/C19H26O15/c20-3-9-12(25)14(27)15(28)18(32-9)34-19(16(29)13(26)10(4-21)33-19)5-31-17(30)6-1-7(22)11(24)8(23)2-6/h1-2,9-10,12-16,18,20-29H,3-5H2. The quantitative estimate of drug-likeness (QED) is 0.127. The van der Waals surface area contributed by atoms with Crippen molar-refractivity contribution in [2.75, 3.05) is 19.8 Å². The predicted molar refractivity (Wildman–Crippen MR) is 103 cm³/mol. The molecule has 9 atom stereocenters. The Morgan fingerprint density at radius 3 is 2.00 bits per heavy atom. The molecule has 2 heterocycles. The Labute approximate surface area is 191 Å². The second-order valence-electron chi connectivity index (χ2n) is 7.84. The molecular formula is C19H26O15. The maximum atomic E-state index is 12.4. The van der Waals surface area contributed by atoms with E-state index >= 15 is 0 Å². The van der Waals surface area contributed by atoms with Gasteiger partial charge in [0, 0.05) is 0 Å². The summed E-state index contributed by atoms with van der Waals surface area (Å²) >= 11 is 0. The van der Waals surface area contributed by atoms with Crippen LogP contribution in [0.4, 0.5) is 0 Å². The Balaban J connectivity index is 1.85. The van der Waals surface area contributed by atoms with Crippen molar-refractivity contribution in [2.24, 2.45) is 0 Å². The number of aliphatic hydroxyl groups excluding tert-OH is 7. The third-order valence-corrected chi connectivity index (χ3v) is 5.56. The molecule has 15 nitrogen and oxygen atoms in total. The van der Waals surface area contributed by atoms with Gasteiger partial charge >= 0.3 is 5.97 Å². The van der Waals surface area contributed by atoms with E-state index in [9.17, 15) is 55.9 Å². The number of esters is 1. The highest BCUT2D eigenvalue weighted by Gasteiger charge is 2.59. The lowest BCUT2D eigenvalue weighted by Gasteiger charge is -2.43. The van der Waals surface area contributed by atoms with E-state index < -0.39 is 103 Å². The van der Waals surface area contributed by atoms with Gasteiger partial charge in [0.05, 0.1) is 18.8 Å². The number of ether oxygens (including phenoxy) is 4. The average molecular weight is 494 g/mol. The fourth-order valence-electron chi connectivity index (χ4n) is 3.59. The second-order valence-corrected chi connectivity index (χ2v) is 7.84. The number of benzene rings is 1. The van der Waals surface area contributed by atoms with Crippen LogP contribution < -0.4 is 0 Å². The Bertz CT molecular complexity index is 854. The molecule has 0 aromatic heterocycles. The third-order valence-electron chi connectivity index (χ3n) is 5.56. The molecule has 0 spiro atoms. The first-order valence-corrected chi connectivity index (χ1v) is 10.0. The van der Waals surface area contributed by atoms with Crippen molar-refractivity contribution in [1.82, 2.24) is 0 Å². The molecule has 2 saturated heterocycles. The summed E-state index contributed by atoms with van der Waals surface area (Å²) in [6.45, 7) is -2.63. The van der Waals surface area contributed by atoms with Crippen LogP contribution in [0.3, 0.4) is 0 Å². The van der Waals surface area contributed by atoms with Gasteiger partial charge in [-0.25, -0.2) is 4.79 Å². The van der Waals surface area contributed by atoms with Crippen LogP contribution in [0, 0.1) is 0 Å². The summed E-state index contributed by atoms with van der Waals surface area (Å²) in [6, 6.07) is 1.53. The Hall–Kier alpha value is -2.31. The summed E-state index contributed by atoms with van der Waals surface area (Å²) in [5.41, 5.74) is -0.442. The van der Waals surface area contributed by atoms with E-state index in [2.05, 4.69) is 0 Å². The van der Waals surface area contributed by atoms with E-state index in [1.54, 1.807) is 0 Å². The molecule has 10 N–H and O–H groups in total. The molecule has 15 heteroatoms. The number of phenolic OH excluding ortho intramolecular Hbond substituents is 3. The molecule has 1 aromatic carbocycles. The van der Waals surface area contributed by atoms with Crippen LogP contribution in [0.5, 0.6) is 17.2 Å². The predicted octanol–water partition coefficient (Wildman–Crippen LogP) is -4.41. The van der Waals surface area contributed by atoms with E-state index in [1.807, 2.05) is 0 Å². The molecule has 0 saturated carbocycles. The smallest absolute Gasteiger partial charge is 0.338 e. The Morgan fingerprint density at radius 2 is 1.47 bits per heavy atom. The third kappa shape index (κ3) is 4.76. The fraction of sp³-hybridized carbons (Fsp3) is 0.632. The molecule has 2 aliphatic heterocycles. The van der Waals surface area contributed by atoms with Crippen LogP contribution in [0.25, 0.3) is 0 Å². The monoisotopic (exact) mass is 494 g/mol. The molecule has 192 valence electrons. The molecule has 0 amide bonds. The minimum absolute atomic E-state index is 0.442. The van der Waals surface area contributed by atoms with Gasteiger partial charge in [-0.2, -0.15) is 0 Å². The van der Waals surface area contributed by atoms with E-state index in [0.29, 0.717) is 0 Å². The topological polar surface area (TPSA) is 256 Å². The van der Waals surface area contributed by atoms with Crippen molar-refractivity contribution < 1.29 is 74.8 Å². The van der Waals surface area contributed by atoms with Gasteiger partial charge in [0.25, 0.3) is 0 Å². The van der Waals surface area contributed by atoms with Gasteiger partial charge < -0.3 is 70.0 Å². The van der Waals surface area contributed by atoms with Gasteiger partial charge in [-0.3, -0.25) is 0 Å². The fourth-order valence-corrected chi connectivity index (χ4v) is 3.59. The van der Waals surface area contributed by atoms with Crippen LogP contribution in [0.1, 0.15) is 10.4 Å². The zero-order chi connectivity index (χ0) is 25.4. The zero-order valence-corrected chi connectivity index (χ0v) is 17.4. The maximum Gasteiger partial charge on any atom is 0.338 e. The molecule has 0 radical (unpaired) electrons. The lowest BCUT2D eigenvalue weighted by atomic mass is 9.99. The molecule has 2 fully saturated rings. The molecule has 1 aromatic rings. The second kappa shape index (κ2) is 10.1. The minimum Gasteiger partial charge on any atom is -0.504 e. The van der Waals surface area contributed by atoms with Crippen molar-refractivity contribution in [1.29, 1.82) is 0 Å². The molecule has 34 heavy (non-hydrogen) atoms. The SMILES string of the molecule is O=C(OCC1(OC2OC(CO)C(O)C(O)C2O)OC(CO)C(O)C1O)c1cc(O)c(O)c(O)c1. The average Bonchev–Trinajstić information content (AvgIpc) is 3.05. The van der Waals surface area contributed by atoms with E-state index in [-0.39, 0.29) is 0 Å². The number of hydrogen-bond donors (Lipinski definition) is 10. The van der Waals surface area contributed by atoms with Crippen LogP contribution in [-0.4, -0.2) is 132 Å².